The lowest BCUT2D eigenvalue weighted by Gasteiger charge is -2.09. The van der Waals surface area contributed by atoms with Gasteiger partial charge in [-0.25, -0.2) is 26.3 Å². The summed E-state index contributed by atoms with van der Waals surface area (Å²) in [4.78, 5) is -3.31. The van der Waals surface area contributed by atoms with Gasteiger partial charge in [0.15, 0.2) is 32.0 Å². The Morgan fingerprint density at radius 2 is 1.02 bits per heavy atom. The number of rotatable bonds is 18. The van der Waals surface area contributed by atoms with E-state index in [4.69, 9.17) is 21.3 Å². The summed E-state index contributed by atoms with van der Waals surface area (Å²) in [6, 6.07) is 6.74. The molecule has 0 saturated heterocycles. The molecule has 30 heteroatoms. The largest absolute Gasteiger partial charge is 0.397 e. The Hall–Kier alpha value is -3.76. The molecule has 0 atom stereocenters. The molecule has 0 unspecified atom stereocenters. The molecule has 0 bridgehead atoms. The molecule has 286 valence electrons. The van der Waals surface area contributed by atoms with Crippen LogP contribution in [0.25, 0.3) is 0 Å². The van der Waals surface area contributed by atoms with Crippen LogP contribution in [0.2, 0.25) is 0 Å². The van der Waals surface area contributed by atoms with E-state index >= 15 is 0 Å². The van der Waals surface area contributed by atoms with Gasteiger partial charge in [0.2, 0.25) is 0 Å². The Kier molecular flexibility index (Phi) is 13.9. The van der Waals surface area contributed by atoms with E-state index in [9.17, 15) is 51.2 Å². The first kappa shape index (κ1) is 42.7. The molecule has 0 aliphatic carbocycles. The van der Waals surface area contributed by atoms with E-state index in [1.165, 1.54) is 0 Å². The Bertz CT molecular complexity index is 2440. The summed E-state index contributed by atoms with van der Waals surface area (Å²) in [5, 5.41) is 26.3. The zero-order valence-electron chi connectivity index (χ0n) is 25.3. The second kappa shape index (κ2) is 16.9. The van der Waals surface area contributed by atoms with Gasteiger partial charge in [-0.2, -0.15) is 25.3 Å². The number of nitrogen functional groups attached to an aromatic ring is 2. The summed E-state index contributed by atoms with van der Waals surface area (Å²) in [5.41, 5.74) is 9.78. The summed E-state index contributed by atoms with van der Waals surface area (Å²) in [5.74, 6) is -1.73. The summed E-state index contributed by atoms with van der Waals surface area (Å²) >= 11 is 0.105. The summed E-state index contributed by atoms with van der Waals surface area (Å²) < 4.78 is 161. The van der Waals surface area contributed by atoms with Crippen molar-refractivity contribution in [3.05, 3.63) is 48.5 Å². The molecule has 0 aliphatic heterocycles. The summed E-state index contributed by atoms with van der Waals surface area (Å²) in [6.45, 7) is -1.53. The second-order valence-corrected chi connectivity index (χ2v) is 18.1. The first-order valence-electron chi connectivity index (χ1n) is 13.0. The molecular weight excluding hydrogens is 829 g/mol. The minimum Gasteiger partial charge on any atom is -0.397 e. The van der Waals surface area contributed by atoms with Crippen LogP contribution < -0.4 is 11.5 Å². The number of nitrogens with two attached hydrogens (primary N) is 2. The van der Waals surface area contributed by atoms with Gasteiger partial charge in [-0.3, -0.25) is 17.8 Å². The normalized spacial score (nSPS) is 13.3. The van der Waals surface area contributed by atoms with E-state index in [-0.39, 0.29) is 35.1 Å². The predicted octanol–water partition coefficient (Wildman–Crippen LogP) is 2.54. The Labute approximate surface area is 299 Å². The van der Waals surface area contributed by atoms with Crippen molar-refractivity contribution >= 4 is 96.8 Å². The first-order valence-corrected chi connectivity index (χ1v) is 21.3. The van der Waals surface area contributed by atoms with Gasteiger partial charge in [0.1, 0.15) is 32.5 Å². The number of hydrogen-bond donors (Lipinski definition) is 6. The molecule has 0 radical (unpaired) electrons. The minimum absolute atomic E-state index is 0.105. The van der Waals surface area contributed by atoms with Crippen molar-refractivity contribution in [1.29, 1.82) is 0 Å². The Balaban J connectivity index is 1.96. The van der Waals surface area contributed by atoms with Gasteiger partial charge >= 0.3 is 10.4 Å². The van der Waals surface area contributed by atoms with Crippen molar-refractivity contribution in [3.8, 4) is 0 Å². The zero-order valence-corrected chi connectivity index (χ0v) is 30.2. The monoisotopic (exact) mass is 852 g/mol. The molecule has 8 N–H and O–H groups in total. The van der Waals surface area contributed by atoms with Gasteiger partial charge in [-0.1, -0.05) is 5.04 Å². The maximum absolute atomic E-state index is 12.6. The molecular formula is C22H24N6O18S6. The molecule has 0 aliphatic rings. The van der Waals surface area contributed by atoms with Crippen molar-refractivity contribution in [2.45, 2.75) is 19.6 Å². The van der Waals surface area contributed by atoms with Crippen molar-refractivity contribution < 1.29 is 78.7 Å². The van der Waals surface area contributed by atoms with Crippen LogP contribution in [-0.2, 0) is 68.0 Å². The van der Waals surface area contributed by atoms with Crippen molar-refractivity contribution in [2.24, 2.45) is 20.5 Å². The fraction of sp³-hybridized carbons (Fsp3) is 0.182. The SMILES string of the molecule is Nc1cc(N)c(/N=N/c2ccc(S(=O)(=O)CCOS(=O)(=O)O)cc2S(=O)(=O)O)cc1/N=N/c1ccc(S(=O)(=O)CCOSOOO)cc1S(=O)(=O)O. The van der Waals surface area contributed by atoms with Crippen LogP contribution >= 0.6 is 12.3 Å². The first-order chi connectivity index (χ1) is 23.9. The molecule has 24 nitrogen and oxygen atoms in total. The van der Waals surface area contributed by atoms with E-state index in [1.807, 2.05) is 0 Å². The standard InChI is InChI=1S/C22H24N6O18S6/c23-15-11-16(24)20(28-26-18-4-2-14(10-22(18)51(37,38)39)49(32,33)8-6-44-52(40,41)42)12-19(15)27-25-17-3-1-13(9-21(17)50(34,35)36)48(30,31)7-5-43-47-46-45-29/h1-4,9-12,29H,5-8,23-24H2,(H,34,35,36)(H,37,38,39)(H,40,41,42)/b27-25+,28-26+. The second-order valence-electron chi connectivity index (χ2n) is 9.50. The lowest BCUT2D eigenvalue weighted by Crippen LogP contribution is -2.16. The van der Waals surface area contributed by atoms with Gasteiger partial charge in [0.25, 0.3) is 20.2 Å². The summed E-state index contributed by atoms with van der Waals surface area (Å²) in [6.07, 6.45) is 0. The van der Waals surface area contributed by atoms with Crippen LogP contribution in [0.1, 0.15) is 0 Å². The average molecular weight is 853 g/mol. The van der Waals surface area contributed by atoms with Gasteiger partial charge in [0.05, 0.1) is 45.9 Å². The third-order valence-corrected chi connectivity index (χ3v) is 11.9. The molecule has 0 spiro atoms. The van der Waals surface area contributed by atoms with Crippen LogP contribution in [0.4, 0.5) is 34.1 Å². The molecule has 0 heterocycles. The molecule has 0 saturated carbocycles. The molecule has 3 aromatic carbocycles. The number of benzene rings is 3. The average Bonchev–Trinajstić information content (AvgIpc) is 3.02. The Morgan fingerprint density at radius 1 is 0.596 bits per heavy atom. The smallest absolute Gasteiger partial charge is 0.397 e. The molecule has 3 aromatic rings. The minimum atomic E-state index is -5.17. The lowest BCUT2D eigenvalue weighted by molar-refractivity contribution is -0.434. The highest BCUT2D eigenvalue weighted by Crippen LogP contribution is 2.37. The Morgan fingerprint density at radius 3 is 1.42 bits per heavy atom. The van der Waals surface area contributed by atoms with Crippen LogP contribution in [0.5, 0.6) is 0 Å². The third kappa shape index (κ3) is 12.2. The maximum Gasteiger partial charge on any atom is 0.397 e. The molecule has 0 fully saturated rings. The topological polar surface area (TPSA) is 390 Å². The number of hydrogen-bond acceptors (Lipinski definition) is 22. The molecule has 0 aromatic heterocycles. The van der Waals surface area contributed by atoms with Gasteiger partial charge in [-0.15, -0.1) is 24.8 Å². The highest BCUT2D eigenvalue weighted by molar-refractivity contribution is 7.92. The highest BCUT2D eigenvalue weighted by atomic mass is 32.3. The quantitative estimate of drug-likeness (QED) is 0.0204. The number of anilines is 2. The number of nitrogens with zero attached hydrogens (tertiary/aromatic N) is 4. The zero-order chi connectivity index (χ0) is 39.1. The van der Waals surface area contributed by atoms with E-state index in [2.05, 4.69) is 38.2 Å². The fourth-order valence-corrected chi connectivity index (χ4v) is 8.04. The molecule has 0 amide bonds. The fourth-order valence-electron chi connectivity index (χ4n) is 3.65. The van der Waals surface area contributed by atoms with Crippen LogP contribution in [-0.4, -0.2) is 85.7 Å². The van der Waals surface area contributed by atoms with Crippen molar-refractivity contribution in [3.63, 3.8) is 0 Å². The van der Waals surface area contributed by atoms with Crippen molar-refractivity contribution in [2.75, 3.05) is 36.2 Å². The maximum atomic E-state index is 12.6. The van der Waals surface area contributed by atoms with E-state index in [1.54, 1.807) is 0 Å². The van der Waals surface area contributed by atoms with Gasteiger partial charge in [-0.05, 0) is 48.5 Å². The van der Waals surface area contributed by atoms with Gasteiger partial charge in [0, 0.05) is 0 Å². The van der Waals surface area contributed by atoms with Crippen LogP contribution in [0, 0.1) is 0 Å². The van der Waals surface area contributed by atoms with Gasteiger partial charge < -0.3 is 11.5 Å². The molecule has 3 rings (SSSR count). The predicted molar refractivity (Wildman–Crippen MR) is 176 cm³/mol. The van der Waals surface area contributed by atoms with Crippen LogP contribution in [0.15, 0.2) is 88.6 Å². The summed E-state index contributed by atoms with van der Waals surface area (Å²) in [7, 11) is -23.9. The number of sulfone groups is 2. The lowest BCUT2D eigenvalue weighted by atomic mass is 10.2. The van der Waals surface area contributed by atoms with E-state index in [0.29, 0.717) is 12.1 Å². The third-order valence-electron chi connectivity index (χ3n) is 5.97. The van der Waals surface area contributed by atoms with Crippen LogP contribution in [0.3, 0.4) is 0 Å². The van der Waals surface area contributed by atoms with E-state index < -0.39 is 106 Å². The van der Waals surface area contributed by atoms with E-state index in [0.717, 1.165) is 36.4 Å². The van der Waals surface area contributed by atoms with Crippen molar-refractivity contribution in [1.82, 2.24) is 0 Å². The molecule has 52 heavy (non-hydrogen) atoms. The highest BCUT2D eigenvalue weighted by Gasteiger charge is 2.24. The number of azo groups is 2.